The molecule has 0 aliphatic carbocycles. The predicted octanol–water partition coefficient (Wildman–Crippen LogP) is 3.36. The van der Waals surface area contributed by atoms with Crippen LogP contribution in [0.1, 0.15) is 24.3 Å². The van der Waals surface area contributed by atoms with Gasteiger partial charge >= 0.3 is 0 Å². The number of fused-ring (bicyclic) bond motifs is 1. The molecule has 0 aliphatic rings. The lowest BCUT2D eigenvalue weighted by molar-refractivity contribution is 0.194. The van der Waals surface area contributed by atoms with Crippen molar-refractivity contribution in [3.05, 3.63) is 40.0 Å². The third-order valence-electron chi connectivity index (χ3n) is 2.41. The molecule has 15 heavy (non-hydrogen) atoms. The molecule has 2 aromatic rings. The molecule has 0 fully saturated rings. The van der Waals surface area contributed by atoms with Crippen molar-refractivity contribution in [3.63, 3.8) is 0 Å². The molecular weight excluding hydrogens is 254 g/mol. The molecule has 3 heteroatoms. The SMILES string of the molecule is Cc1cc2ccc(Br)cc2nc1[C@@H](C)O. The number of rotatable bonds is 1. The van der Waals surface area contributed by atoms with E-state index in [0.717, 1.165) is 26.6 Å². The second kappa shape index (κ2) is 3.91. The summed E-state index contributed by atoms with van der Waals surface area (Å²) < 4.78 is 1.00. The summed E-state index contributed by atoms with van der Waals surface area (Å²) in [5, 5.41) is 10.7. The quantitative estimate of drug-likeness (QED) is 0.858. The lowest BCUT2D eigenvalue weighted by atomic mass is 10.1. The van der Waals surface area contributed by atoms with Gasteiger partial charge in [0.05, 0.1) is 17.3 Å². The highest BCUT2D eigenvalue weighted by Crippen LogP contribution is 2.23. The minimum absolute atomic E-state index is 0.520. The number of aliphatic hydroxyl groups excluding tert-OH is 1. The fraction of sp³-hybridized carbons (Fsp3) is 0.250. The van der Waals surface area contributed by atoms with Gasteiger partial charge in [0.15, 0.2) is 0 Å². The Morgan fingerprint density at radius 1 is 1.33 bits per heavy atom. The minimum Gasteiger partial charge on any atom is -0.387 e. The van der Waals surface area contributed by atoms with Crippen molar-refractivity contribution >= 4 is 26.8 Å². The topological polar surface area (TPSA) is 33.1 Å². The molecule has 1 aromatic carbocycles. The molecule has 1 aromatic heterocycles. The monoisotopic (exact) mass is 265 g/mol. The van der Waals surface area contributed by atoms with Gasteiger partial charge in [-0.3, -0.25) is 0 Å². The van der Waals surface area contributed by atoms with Crippen molar-refractivity contribution in [2.45, 2.75) is 20.0 Å². The second-order valence-corrected chi connectivity index (χ2v) is 4.62. The van der Waals surface area contributed by atoms with Gasteiger partial charge < -0.3 is 5.11 Å². The summed E-state index contributed by atoms with van der Waals surface area (Å²) in [6, 6.07) is 8.02. The van der Waals surface area contributed by atoms with E-state index >= 15 is 0 Å². The van der Waals surface area contributed by atoms with E-state index in [1.165, 1.54) is 0 Å². The fourth-order valence-electron chi connectivity index (χ4n) is 1.68. The number of benzene rings is 1. The van der Waals surface area contributed by atoms with Crippen LogP contribution in [0.3, 0.4) is 0 Å². The summed E-state index contributed by atoms with van der Waals surface area (Å²) in [6.45, 7) is 3.70. The zero-order chi connectivity index (χ0) is 11.0. The van der Waals surface area contributed by atoms with Crippen LogP contribution in [0.4, 0.5) is 0 Å². The van der Waals surface area contributed by atoms with Crippen LogP contribution in [-0.4, -0.2) is 10.1 Å². The molecule has 0 spiro atoms. The Morgan fingerprint density at radius 3 is 2.73 bits per heavy atom. The summed E-state index contributed by atoms with van der Waals surface area (Å²) in [7, 11) is 0. The van der Waals surface area contributed by atoms with Crippen LogP contribution >= 0.6 is 15.9 Å². The van der Waals surface area contributed by atoms with Crippen molar-refractivity contribution in [1.29, 1.82) is 0 Å². The second-order valence-electron chi connectivity index (χ2n) is 3.70. The van der Waals surface area contributed by atoms with E-state index in [-0.39, 0.29) is 0 Å². The number of aliphatic hydroxyl groups is 1. The number of halogens is 1. The van der Waals surface area contributed by atoms with Gasteiger partial charge in [0.1, 0.15) is 0 Å². The Kier molecular flexibility index (Phi) is 2.76. The fourth-order valence-corrected chi connectivity index (χ4v) is 2.03. The number of aryl methyl sites for hydroxylation is 1. The average Bonchev–Trinajstić information content (AvgIpc) is 2.17. The Labute approximate surface area is 97.1 Å². The third kappa shape index (κ3) is 2.03. The molecule has 78 valence electrons. The number of aromatic nitrogens is 1. The van der Waals surface area contributed by atoms with Crippen LogP contribution in [-0.2, 0) is 0 Å². The molecule has 0 saturated heterocycles. The van der Waals surface area contributed by atoms with Crippen molar-refractivity contribution in [3.8, 4) is 0 Å². The lowest BCUT2D eigenvalue weighted by Crippen LogP contribution is -1.99. The highest BCUT2D eigenvalue weighted by atomic mass is 79.9. The largest absolute Gasteiger partial charge is 0.387 e. The molecule has 2 rings (SSSR count). The van der Waals surface area contributed by atoms with E-state index in [4.69, 9.17) is 0 Å². The molecule has 0 amide bonds. The van der Waals surface area contributed by atoms with Gasteiger partial charge in [-0.15, -0.1) is 0 Å². The minimum atomic E-state index is -0.520. The molecule has 0 saturated carbocycles. The molecule has 0 radical (unpaired) electrons. The van der Waals surface area contributed by atoms with E-state index in [9.17, 15) is 5.11 Å². The van der Waals surface area contributed by atoms with Crippen LogP contribution in [0.5, 0.6) is 0 Å². The smallest absolute Gasteiger partial charge is 0.0934 e. The van der Waals surface area contributed by atoms with Gasteiger partial charge in [0.25, 0.3) is 0 Å². The highest BCUT2D eigenvalue weighted by molar-refractivity contribution is 9.10. The maximum absolute atomic E-state index is 9.56. The maximum atomic E-state index is 9.56. The van der Waals surface area contributed by atoms with E-state index in [1.54, 1.807) is 6.92 Å². The summed E-state index contributed by atoms with van der Waals surface area (Å²) in [6.07, 6.45) is -0.520. The van der Waals surface area contributed by atoms with Gasteiger partial charge in [0.2, 0.25) is 0 Å². The first-order valence-corrected chi connectivity index (χ1v) is 5.62. The summed E-state index contributed by atoms with van der Waals surface area (Å²) in [4.78, 5) is 4.46. The van der Waals surface area contributed by atoms with Crippen LogP contribution < -0.4 is 0 Å². The van der Waals surface area contributed by atoms with Crippen LogP contribution in [0.25, 0.3) is 10.9 Å². The molecule has 0 unspecified atom stereocenters. The van der Waals surface area contributed by atoms with Gasteiger partial charge in [-0.25, -0.2) is 4.98 Å². The first-order chi connectivity index (χ1) is 7.08. The number of hydrogen-bond donors (Lipinski definition) is 1. The predicted molar refractivity (Wildman–Crippen MR) is 64.8 cm³/mol. The first-order valence-electron chi connectivity index (χ1n) is 4.83. The van der Waals surface area contributed by atoms with Gasteiger partial charge in [-0.1, -0.05) is 22.0 Å². The normalized spacial score (nSPS) is 13.1. The van der Waals surface area contributed by atoms with Crippen LogP contribution in [0, 0.1) is 6.92 Å². The zero-order valence-corrected chi connectivity index (χ0v) is 10.2. The average molecular weight is 266 g/mol. The standard InChI is InChI=1S/C12H12BrNO/c1-7-5-9-3-4-10(13)6-11(9)14-12(7)8(2)15/h3-6,8,15H,1-2H3/t8-/m1/s1. The Bertz CT molecular complexity index is 508. The van der Waals surface area contributed by atoms with Crippen molar-refractivity contribution < 1.29 is 5.11 Å². The third-order valence-corrected chi connectivity index (χ3v) is 2.90. The summed E-state index contributed by atoms with van der Waals surface area (Å²) in [5.41, 5.74) is 2.69. The van der Waals surface area contributed by atoms with E-state index in [2.05, 4.69) is 27.0 Å². The van der Waals surface area contributed by atoms with E-state index in [1.807, 2.05) is 25.1 Å². The van der Waals surface area contributed by atoms with Gasteiger partial charge in [-0.2, -0.15) is 0 Å². The summed E-state index contributed by atoms with van der Waals surface area (Å²) >= 11 is 3.41. The lowest BCUT2D eigenvalue weighted by Gasteiger charge is -2.09. The summed E-state index contributed by atoms with van der Waals surface area (Å²) in [5.74, 6) is 0. The molecule has 1 heterocycles. The Hall–Kier alpha value is -0.930. The molecule has 0 bridgehead atoms. The van der Waals surface area contributed by atoms with Crippen LogP contribution in [0.2, 0.25) is 0 Å². The van der Waals surface area contributed by atoms with Crippen molar-refractivity contribution in [1.82, 2.24) is 4.98 Å². The van der Waals surface area contributed by atoms with Gasteiger partial charge in [-0.05, 0) is 37.6 Å². The Balaban J connectivity index is 2.72. The molecule has 1 atom stereocenters. The molecule has 0 aliphatic heterocycles. The van der Waals surface area contributed by atoms with Gasteiger partial charge in [0, 0.05) is 9.86 Å². The first kappa shape index (κ1) is 10.6. The number of pyridine rings is 1. The molecule has 2 nitrogen and oxygen atoms in total. The van der Waals surface area contributed by atoms with E-state index < -0.39 is 6.10 Å². The molecular formula is C12H12BrNO. The number of nitrogens with zero attached hydrogens (tertiary/aromatic N) is 1. The maximum Gasteiger partial charge on any atom is 0.0934 e. The van der Waals surface area contributed by atoms with E-state index in [0.29, 0.717) is 0 Å². The Morgan fingerprint density at radius 2 is 2.07 bits per heavy atom. The number of hydrogen-bond acceptors (Lipinski definition) is 2. The highest BCUT2D eigenvalue weighted by Gasteiger charge is 2.08. The zero-order valence-electron chi connectivity index (χ0n) is 8.66. The van der Waals surface area contributed by atoms with Crippen molar-refractivity contribution in [2.24, 2.45) is 0 Å². The van der Waals surface area contributed by atoms with Crippen molar-refractivity contribution in [2.75, 3.05) is 0 Å². The molecule has 1 N–H and O–H groups in total. The van der Waals surface area contributed by atoms with Crippen LogP contribution in [0.15, 0.2) is 28.7 Å².